The highest BCUT2D eigenvalue weighted by molar-refractivity contribution is 7.89. The molecule has 1 aromatic carbocycles. The van der Waals surface area contributed by atoms with Crippen molar-refractivity contribution in [2.24, 2.45) is 0 Å². The number of methoxy groups -OCH3 is 1. The second-order valence-electron chi connectivity index (χ2n) is 5.56. The van der Waals surface area contributed by atoms with E-state index in [4.69, 9.17) is 9.84 Å². The SMILES string of the molecule is CCN(C(COC)Cc1ccccc1)S(=O)(=O)c1c[nH]c(C(=O)O)c1. The number of carbonyl (C=O) groups is 1. The van der Waals surface area contributed by atoms with E-state index in [0.717, 1.165) is 11.6 Å². The standard InChI is InChI=1S/C17H22N2O5S/c1-3-19(14(12-24-2)9-13-7-5-4-6-8-13)25(22,23)15-10-16(17(20)21)18-11-15/h4-8,10-11,14,18H,3,9,12H2,1-2H3,(H,20,21). The van der Waals surface area contributed by atoms with Crippen LogP contribution in [0, 0.1) is 0 Å². The first-order valence-electron chi connectivity index (χ1n) is 7.86. The van der Waals surface area contributed by atoms with Gasteiger partial charge in [0.2, 0.25) is 10.0 Å². The number of H-pyrrole nitrogens is 1. The largest absolute Gasteiger partial charge is 0.477 e. The van der Waals surface area contributed by atoms with Gasteiger partial charge in [0.25, 0.3) is 0 Å². The van der Waals surface area contributed by atoms with Crippen molar-refractivity contribution in [1.29, 1.82) is 0 Å². The van der Waals surface area contributed by atoms with Gasteiger partial charge < -0.3 is 14.8 Å². The fourth-order valence-electron chi connectivity index (χ4n) is 2.73. The van der Waals surface area contributed by atoms with Gasteiger partial charge in [0.1, 0.15) is 10.6 Å². The molecule has 2 rings (SSSR count). The minimum Gasteiger partial charge on any atom is -0.477 e. The zero-order valence-corrected chi connectivity index (χ0v) is 15.0. The number of nitrogens with zero attached hydrogens (tertiary/aromatic N) is 1. The van der Waals surface area contributed by atoms with Gasteiger partial charge in [-0.3, -0.25) is 0 Å². The lowest BCUT2D eigenvalue weighted by atomic mass is 10.1. The van der Waals surface area contributed by atoms with E-state index in [0.29, 0.717) is 6.42 Å². The van der Waals surface area contributed by atoms with Crippen LogP contribution in [-0.4, -0.2) is 55.1 Å². The van der Waals surface area contributed by atoms with E-state index in [1.165, 1.54) is 17.6 Å². The Balaban J connectivity index is 2.33. The van der Waals surface area contributed by atoms with E-state index in [-0.39, 0.29) is 23.7 Å². The van der Waals surface area contributed by atoms with E-state index in [1.807, 2.05) is 30.3 Å². The van der Waals surface area contributed by atoms with Crippen LogP contribution in [0.1, 0.15) is 23.0 Å². The first kappa shape index (κ1) is 19.2. The Bertz CT molecular complexity index is 801. The smallest absolute Gasteiger partial charge is 0.352 e. The Labute approximate surface area is 147 Å². The molecule has 8 heteroatoms. The number of sulfonamides is 1. The summed E-state index contributed by atoms with van der Waals surface area (Å²) in [4.78, 5) is 13.4. The van der Waals surface area contributed by atoms with Crippen molar-refractivity contribution in [3.63, 3.8) is 0 Å². The zero-order valence-electron chi connectivity index (χ0n) is 14.2. The lowest BCUT2D eigenvalue weighted by Crippen LogP contribution is -2.43. The molecule has 2 N–H and O–H groups in total. The highest BCUT2D eigenvalue weighted by Crippen LogP contribution is 2.21. The number of rotatable bonds is 9. The molecule has 0 amide bonds. The molecular weight excluding hydrogens is 344 g/mol. The van der Waals surface area contributed by atoms with Crippen molar-refractivity contribution >= 4 is 16.0 Å². The third kappa shape index (κ3) is 4.47. The number of likely N-dealkylation sites (N-methyl/N-ethyl adjacent to an activating group) is 1. The number of ether oxygens (including phenoxy) is 1. The molecule has 0 fully saturated rings. The Kier molecular flexibility index (Phi) is 6.35. The number of aromatic carboxylic acids is 1. The molecule has 7 nitrogen and oxygen atoms in total. The molecular formula is C17H22N2O5S. The van der Waals surface area contributed by atoms with Crippen LogP contribution in [-0.2, 0) is 21.2 Å². The molecule has 0 aliphatic rings. The number of carboxylic acid groups (broad SMARTS) is 1. The van der Waals surface area contributed by atoms with Crippen molar-refractivity contribution in [3.8, 4) is 0 Å². The Hall–Kier alpha value is -2.16. The molecule has 0 aliphatic carbocycles. The molecule has 0 radical (unpaired) electrons. The first-order chi connectivity index (χ1) is 11.9. The summed E-state index contributed by atoms with van der Waals surface area (Å²) in [5.74, 6) is -1.21. The van der Waals surface area contributed by atoms with Crippen molar-refractivity contribution in [1.82, 2.24) is 9.29 Å². The molecule has 0 aliphatic heterocycles. The van der Waals surface area contributed by atoms with E-state index in [2.05, 4.69) is 4.98 Å². The van der Waals surface area contributed by atoms with Crippen molar-refractivity contribution in [3.05, 3.63) is 53.9 Å². The zero-order chi connectivity index (χ0) is 18.4. The summed E-state index contributed by atoms with van der Waals surface area (Å²) >= 11 is 0. The van der Waals surface area contributed by atoms with Gasteiger partial charge in [-0.05, 0) is 18.1 Å². The van der Waals surface area contributed by atoms with Crippen molar-refractivity contribution in [2.45, 2.75) is 24.3 Å². The van der Waals surface area contributed by atoms with E-state index >= 15 is 0 Å². The normalized spacial score (nSPS) is 13.1. The molecule has 1 heterocycles. The maximum absolute atomic E-state index is 13.0. The molecule has 1 aromatic heterocycles. The minimum atomic E-state index is -3.85. The van der Waals surface area contributed by atoms with Crippen LogP contribution < -0.4 is 0 Å². The number of benzene rings is 1. The van der Waals surface area contributed by atoms with Gasteiger partial charge in [0.15, 0.2) is 0 Å². The molecule has 0 saturated carbocycles. The molecule has 2 aromatic rings. The number of hydrogen-bond donors (Lipinski definition) is 2. The molecule has 0 bridgehead atoms. The number of aromatic nitrogens is 1. The number of carboxylic acids is 1. The average Bonchev–Trinajstić information content (AvgIpc) is 3.07. The summed E-state index contributed by atoms with van der Waals surface area (Å²) in [5, 5.41) is 8.99. The summed E-state index contributed by atoms with van der Waals surface area (Å²) in [6.45, 7) is 2.23. The quantitative estimate of drug-likeness (QED) is 0.707. The lowest BCUT2D eigenvalue weighted by Gasteiger charge is -2.29. The van der Waals surface area contributed by atoms with Gasteiger partial charge in [-0.15, -0.1) is 0 Å². The fraction of sp³-hybridized carbons (Fsp3) is 0.353. The Morgan fingerprint density at radius 3 is 2.52 bits per heavy atom. The summed E-state index contributed by atoms with van der Waals surface area (Å²) in [5.41, 5.74) is 0.833. The topological polar surface area (TPSA) is 99.7 Å². The number of hydrogen-bond acceptors (Lipinski definition) is 4. The van der Waals surface area contributed by atoms with Crippen LogP contribution in [0.3, 0.4) is 0 Å². The predicted molar refractivity (Wildman–Crippen MR) is 93.1 cm³/mol. The van der Waals surface area contributed by atoms with Crippen LogP contribution in [0.5, 0.6) is 0 Å². The van der Waals surface area contributed by atoms with Gasteiger partial charge in [0, 0.05) is 19.9 Å². The van der Waals surface area contributed by atoms with Gasteiger partial charge in [-0.2, -0.15) is 4.31 Å². The maximum Gasteiger partial charge on any atom is 0.352 e. The Morgan fingerprint density at radius 2 is 2.00 bits per heavy atom. The monoisotopic (exact) mass is 366 g/mol. The second-order valence-corrected chi connectivity index (χ2v) is 7.45. The number of nitrogens with one attached hydrogen (secondary N) is 1. The summed E-state index contributed by atoms with van der Waals surface area (Å²) in [6.07, 6.45) is 1.70. The first-order valence-corrected chi connectivity index (χ1v) is 9.30. The van der Waals surface area contributed by atoms with Crippen molar-refractivity contribution < 1.29 is 23.1 Å². The highest BCUT2D eigenvalue weighted by Gasteiger charge is 2.31. The third-order valence-corrected chi connectivity index (χ3v) is 5.89. The van der Waals surface area contributed by atoms with Crippen LogP contribution in [0.4, 0.5) is 0 Å². The van der Waals surface area contributed by atoms with Crippen LogP contribution >= 0.6 is 0 Å². The van der Waals surface area contributed by atoms with E-state index < -0.39 is 22.0 Å². The lowest BCUT2D eigenvalue weighted by molar-refractivity contribution is 0.0691. The fourth-order valence-corrected chi connectivity index (χ4v) is 4.34. The number of aromatic amines is 1. The van der Waals surface area contributed by atoms with Crippen LogP contribution in [0.25, 0.3) is 0 Å². The molecule has 0 saturated heterocycles. The van der Waals surface area contributed by atoms with Crippen LogP contribution in [0.15, 0.2) is 47.5 Å². The third-order valence-electron chi connectivity index (χ3n) is 3.89. The average molecular weight is 366 g/mol. The molecule has 136 valence electrons. The Morgan fingerprint density at radius 1 is 1.32 bits per heavy atom. The molecule has 25 heavy (non-hydrogen) atoms. The van der Waals surface area contributed by atoms with Gasteiger partial charge in [-0.25, -0.2) is 13.2 Å². The molecule has 1 unspecified atom stereocenters. The summed E-state index contributed by atoms with van der Waals surface area (Å²) in [6, 6.07) is 10.3. The van der Waals surface area contributed by atoms with E-state index in [1.54, 1.807) is 6.92 Å². The molecule has 0 spiro atoms. The summed E-state index contributed by atoms with van der Waals surface area (Å²) < 4.78 is 32.5. The van der Waals surface area contributed by atoms with Crippen molar-refractivity contribution in [2.75, 3.05) is 20.3 Å². The highest BCUT2D eigenvalue weighted by atomic mass is 32.2. The van der Waals surface area contributed by atoms with E-state index in [9.17, 15) is 13.2 Å². The van der Waals surface area contributed by atoms with Gasteiger partial charge in [0.05, 0.1) is 12.6 Å². The molecule has 1 atom stereocenters. The van der Waals surface area contributed by atoms with Gasteiger partial charge >= 0.3 is 5.97 Å². The minimum absolute atomic E-state index is 0.0686. The van der Waals surface area contributed by atoms with Crippen LogP contribution in [0.2, 0.25) is 0 Å². The maximum atomic E-state index is 13.0. The summed E-state index contributed by atoms with van der Waals surface area (Å²) in [7, 11) is -2.32. The van der Waals surface area contributed by atoms with Gasteiger partial charge in [-0.1, -0.05) is 37.3 Å². The predicted octanol–water partition coefficient (Wildman–Crippen LogP) is 1.98. The second kappa shape index (κ2) is 8.28.